The van der Waals surface area contributed by atoms with Crippen LogP contribution in [0.4, 0.5) is 4.39 Å². The molecule has 4 nitrogen and oxygen atoms in total. The quantitative estimate of drug-likeness (QED) is 0.900. The number of carbonyl (C=O) groups is 2. The first-order chi connectivity index (χ1) is 9.86. The second kappa shape index (κ2) is 6.56. The molecule has 1 heterocycles. The number of nitrogens with zero attached hydrogens (tertiary/aromatic N) is 1. The van der Waals surface area contributed by atoms with Gasteiger partial charge in [-0.2, -0.15) is 0 Å². The standard InChI is InChI=1S/C15H18BrFN2O2/c1-9(2)5-13-15(21)19(8-14(20)18-13)7-10-3-4-12(17)11(16)6-10/h3-4,6,9,13H,5,7-8H2,1-2H3,(H,18,20). The number of piperazine rings is 1. The SMILES string of the molecule is CC(C)CC1NC(=O)CN(Cc2ccc(F)c(Br)c2)C1=O. The van der Waals surface area contributed by atoms with E-state index in [-0.39, 0.29) is 24.2 Å². The van der Waals surface area contributed by atoms with Crippen LogP contribution in [0, 0.1) is 11.7 Å². The summed E-state index contributed by atoms with van der Waals surface area (Å²) in [5.74, 6) is -0.261. The lowest BCUT2D eigenvalue weighted by molar-refractivity contribution is -0.145. The topological polar surface area (TPSA) is 49.4 Å². The molecule has 114 valence electrons. The lowest BCUT2D eigenvalue weighted by Gasteiger charge is -2.33. The third-order valence-electron chi connectivity index (χ3n) is 3.34. The third-order valence-corrected chi connectivity index (χ3v) is 3.95. The molecule has 1 N–H and O–H groups in total. The molecule has 0 bridgehead atoms. The molecule has 1 saturated heterocycles. The van der Waals surface area contributed by atoms with Gasteiger partial charge in [-0.3, -0.25) is 9.59 Å². The molecule has 1 unspecified atom stereocenters. The molecule has 0 spiro atoms. The van der Waals surface area contributed by atoms with E-state index in [1.54, 1.807) is 12.1 Å². The number of carbonyl (C=O) groups excluding carboxylic acids is 2. The highest BCUT2D eigenvalue weighted by molar-refractivity contribution is 9.10. The van der Waals surface area contributed by atoms with Crippen LogP contribution in [0.1, 0.15) is 25.8 Å². The number of hydrogen-bond acceptors (Lipinski definition) is 2. The fourth-order valence-electron chi connectivity index (χ4n) is 2.40. The number of nitrogens with one attached hydrogen (secondary N) is 1. The highest BCUT2D eigenvalue weighted by atomic mass is 79.9. The number of hydrogen-bond donors (Lipinski definition) is 1. The van der Waals surface area contributed by atoms with Crippen LogP contribution in [0.15, 0.2) is 22.7 Å². The van der Waals surface area contributed by atoms with Gasteiger partial charge in [-0.1, -0.05) is 19.9 Å². The van der Waals surface area contributed by atoms with Gasteiger partial charge in [0.2, 0.25) is 11.8 Å². The summed E-state index contributed by atoms with van der Waals surface area (Å²) in [6.07, 6.45) is 0.619. The van der Waals surface area contributed by atoms with E-state index in [9.17, 15) is 14.0 Å². The van der Waals surface area contributed by atoms with Crippen molar-refractivity contribution in [3.05, 3.63) is 34.1 Å². The first-order valence-electron chi connectivity index (χ1n) is 6.89. The molecule has 1 fully saturated rings. The Morgan fingerprint density at radius 1 is 1.43 bits per heavy atom. The first kappa shape index (κ1) is 15.9. The molecule has 1 aliphatic heterocycles. The molecule has 0 aromatic heterocycles. The molecule has 2 amide bonds. The lowest BCUT2D eigenvalue weighted by atomic mass is 10.0. The molecule has 2 rings (SSSR count). The van der Waals surface area contributed by atoms with Gasteiger partial charge in [0.25, 0.3) is 0 Å². The van der Waals surface area contributed by atoms with Crippen LogP contribution in [0.25, 0.3) is 0 Å². The van der Waals surface area contributed by atoms with E-state index in [1.807, 2.05) is 13.8 Å². The Morgan fingerprint density at radius 3 is 2.76 bits per heavy atom. The maximum atomic E-state index is 13.2. The number of halogens is 2. The summed E-state index contributed by atoms with van der Waals surface area (Å²) in [6, 6.07) is 4.14. The Morgan fingerprint density at radius 2 is 2.14 bits per heavy atom. The van der Waals surface area contributed by atoms with Crippen LogP contribution >= 0.6 is 15.9 Å². The summed E-state index contributed by atoms with van der Waals surface area (Å²) in [5, 5.41) is 2.73. The second-order valence-corrected chi connectivity index (χ2v) is 6.55. The molecule has 0 radical (unpaired) electrons. The van der Waals surface area contributed by atoms with Crippen LogP contribution in [0.5, 0.6) is 0 Å². The number of rotatable bonds is 4. The van der Waals surface area contributed by atoms with Crippen molar-refractivity contribution in [2.24, 2.45) is 5.92 Å². The molecule has 0 saturated carbocycles. The molecule has 1 aliphatic rings. The van der Waals surface area contributed by atoms with E-state index in [0.29, 0.717) is 23.4 Å². The van der Waals surface area contributed by atoms with Crippen LogP contribution in [-0.4, -0.2) is 29.3 Å². The molecule has 1 aromatic carbocycles. The zero-order valence-corrected chi connectivity index (χ0v) is 13.6. The van der Waals surface area contributed by atoms with Crippen molar-refractivity contribution in [2.75, 3.05) is 6.54 Å². The predicted octanol–water partition coefficient (Wildman–Crippen LogP) is 2.46. The third kappa shape index (κ3) is 4.03. The highest BCUT2D eigenvalue weighted by Gasteiger charge is 2.32. The molecule has 21 heavy (non-hydrogen) atoms. The minimum absolute atomic E-state index is 0.0441. The first-order valence-corrected chi connectivity index (χ1v) is 7.68. The Labute approximate surface area is 131 Å². The summed E-state index contributed by atoms with van der Waals surface area (Å²) in [7, 11) is 0. The van der Waals surface area contributed by atoms with Gasteiger partial charge in [-0.05, 0) is 46.0 Å². The van der Waals surface area contributed by atoms with E-state index in [4.69, 9.17) is 0 Å². The van der Waals surface area contributed by atoms with E-state index < -0.39 is 6.04 Å². The Balaban J connectivity index is 2.12. The summed E-state index contributed by atoms with van der Waals surface area (Å²) in [4.78, 5) is 25.7. The van der Waals surface area contributed by atoms with Gasteiger partial charge in [0, 0.05) is 6.54 Å². The highest BCUT2D eigenvalue weighted by Crippen LogP contribution is 2.19. The smallest absolute Gasteiger partial charge is 0.245 e. The lowest BCUT2D eigenvalue weighted by Crippen LogP contribution is -2.57. The van der Waals surface area contributed by atoms with Crippen LogP contribution < -0.4 is 5.32 Å². The van der Waals surface area contributed by atoms with Gasteiger partial charge in [-0.25, -0.2) is 4.39 Å². The van der Waals surface area contributed by atoms with Gasteiger partial charge in [-0.15, -0.1) is 0 Å². The number of benzene rings is 1. The maximum absolute atomic E-state index is 13.2. The average Bonchev–Trinajstić information content (AvgIpc) is 2.39. The van der Waals surface area contributed by atoms with Crippen molar-refractivity contribution >= 4 is 27.7 Å². The summed E-state index contributed by atoms with van der Waals surface area (Å²) in [6.45, 7) is 4.37. The Bertz CT molecular complexity index is 563. The summed E-state index contributed by atoms with van der Waals surface area (Å²) in [5.41, 5.74) is 0.787. The fraction of sp³-hybridized carbons (Fsp3) is 0.467. The summed E-state index contributed by atoms with van der Waals surface area (Å²) < 4.78 is 13.6. The Hall–Kier alpha value is -1.43. The Kier molecular flexibility index (Phi) is 4.98. The largest absolute Gasteiger partial charge is 0.343 e. The van der Waals surface area contributed by atoms with Gasteiger partial charge in [0.15, 0.2) is 0 Å². The van der Waals surface area contributed by atoms with E-state index in [0.717, 1.165) is 5.56 Å². The zero-order chi connectivity index (χ0) is 15.6. The fourth-order valence-corrected chi connectivity index (χ4v) is 2.82. The van der Waals surface area contributed by atoms with E-state index >= 15 is 0 Å². The molecular formula is C15H18BrFN2O2. The van der Waals surface area contributed by atoms with Gasteiger partial charge in [0.1, 0.15) is 11.9 Å². The molecule has 1 aromatic rings. The van der Waals surface area contributed by atoms with E-state index in [2.05, 4.69) is 21.2 Å². The summed E-state index contributed by atoms with van der Waals surface area (Å²) >= 11 is 3.12. The van der Waals surface area contributed by atoms with Crippen molar-refractivity contribution < 1.29 is 14.0 Å². The van der Waals surface area contributed by atoms with Gasteiger partial charge >= 0.3 is 0 Å². The van der Waals surface area contributed by atoms with Crippen molar-refractivity contribution in [3.63, 3.8) is 0 Å². The minimum Gasteiger partial charge on any atom is -0.343 e. The van der Waals surface area contributed by atoms with Crippen molar-refractivity contribution in [2.45, 2.75) is 32.9 Å². The van der Waals surface area contributed by atoms with Crippen LogP contribution in [0.2, 0.25) is 0 Å². The zero-order valence-electron chi connectivity index (χ0n) is 12.0. The van der Waals surface area contributed by atoms with Crippen molar-refractivity contribution in [1.29, 1.82) is 0 Å². The van der Waals surface area contributed by atoms with Crippen molar-refractivity contribution in [1.82, 2.24) is 10.2 Å². The van der Waals surface area contributed by atoms with Crippen molar-refractivity contribution in [3.8, 4) is 0 Å². The monoisotopic (exact) mass is 356 g/mol. The van der Waals surface area contributed by atoms with Gasteiger partial charge in [0.05, 0.1) is 11.0 Å². The molecular weight excluding hydrogens is 339 g/mol. The normalized spacial score (nSPS) is 19.1. The minimum atomic E-state index is -0.463. The average molecular weight is 357 g/mol. The van der Waals surface area contributed by atoms with Gasteiger partial charge < -0.3 is 10.2 Å². The van der Waals surface area contributed by atoms with Crippen LogP contribution in [0.3, 0.4) is 0 Å². The number of amides is 2. The maximum Gasteiger partial charge on any atom is 0.245 e. The second-order valence-electron chi connectivity index (χ2n) is 5.69. The molecule has 0 aliphatic carbocycles. The van der Waals surface area contributed by atoms with E-state index in [1.165, 1.54) is 11.0 Å². The molecule has 6 heteroatoms. The predicted molar refractivity (Wildman–Crippen MR) is 80.9 cm³/mol. The van der Waals surface area contributed by atoms with Crippen LogP contribution in [-0.2, 0) is 16.1 Å². The molecule has 1 atom stereocenters.